The van der Waals surface area contributed by atoms with Crippen LogP contribution >= 0.6 is 0 Å². The Morgan fingerprint density at radius 1 is 1.21 bits per heavy atom. The minimum absolute atomic E-state index is 0.217. The maximum atomic E-state index is 5.38. The van der Waals surface area contributed by atoms with Gasteiger partial charge in [0.15, 0.2) is 5.96 Å². The summed E-state index contributed by atoms with van der Waals surface area (Å²) in [5.74, 6) is 0.926. The molecule has 2 N–H and O–H groups in total. The summed E-state index contributed by atoms with van der Waals surface area (Å²) < 4.78 is 5.38. The maximum Gasteiger partial charge on any atom is 0.191 e. The molecule has 1 aromatic carbocycles. The molecule has 0 spiro atoms. The Balaban J connectivity index is 1.66. The Kier molecular flexibility index (Phi) is 8.22. The van der Waals surface area contributed by atoms with Gasteiger partial charge in [0, 0.05) is 45.6 Å². The molecule has 2 aliphatic rings. The number of hydrogen-bond donors (Lipinski definition) is 2. The predicted octanol–water partition coefficient (Wildman–Crippen LogP) is 4.50. The number of benzene rings is 1. The molecule has 3 rings (SSSR count). The summed E-state index contributed by atoms with van der Waals surface area (Å²) in [7, 11) is 1.80. The van der Waals surface area contributed by atoms with Gasteiger partial charge in [0.2, 0.25) is 0 Å². The number of ether oxygens (including phenoxy) is 1. The zero-order valence-electron chi connectivity index (χ0n) is 18.7. The Morgan fingerprint density at radius 3 is 2.66 bits per heavy atom. The van der Waals surface area contributed by atoms with Crippen molar-refractivity contribution in [2.24, 2.45) is 10.4 Å². The molecule has 1 saturated heterocycles. The minimum atomic E-state index is 0.217. The fourth-order valence-electron chi connectivity index (χ4n) is 4.75. The summed E-state index contributed by atoms with van der Waals surface area (Å²) in [6, 6.07) is 9.19. The van der Waals surface area contributed by atoms with E-state index >= 15 is 0 Å². The van der Waals surface area contributed by atoms with Crippen LogP contribution in [0.15, 0.2) is 29.3 Å². The third-order valence-electron chi connectivity index (χ3n) is 6.61. The lowest BCUT2D eigenvalue weighted by Gasteiger charge is -2.28. The van der Waals surface area contributed by atoms with Gasteiger partial charge in [-0.3, -0.25) is 4.99 Å². The average Bonchev–Trinajstić information content (AvgIpc) is 3.44. The molecule has 0 radical (unpaired) electrons. The molecule has 29 heavy (non-hydrogen) atoms. The molecule has 1 heterocycles. The molecule has 1 unspecified atom stereocenters. The van der Waals surface area contributed by atoms with Crippen LogP contribution in [0.1, 0.15) is 70.4 Å². The molecule has 5 nitrogen and oxygen atoms in total. The van der Waals surface area contributed by atoms with Gasteiger partial charge in [0.05, 0.1) is 6.04 Å². The lowest BCUT2D eigenvalue weighted by molar-refractivity contribution is 0.141. The maximum absolute atomic E-state index is 5.38. The molecular formula is C24H40N4O. The van der Waals surface area contributed by atoms with Crippen LogP contribution in [0.25, 0.3) is 0 Å². The fourth-order valence-corrected chi connectivity index (χ4v) is 4.75. The first kappa shape index (κ1) is 21.9. The van der Waals surface area contributed by atoms with Crippen molar-refractivity contribution in [2.45, 2.75) is 64.8 Å². The Labute approximate surface area is 177 Å². The highest BCUT2D eigenvalue weighted by Crippen LogP contribution is 2.41. The van der Waals surface area contributed by atoms with Crippen molar-refractivity contribution in [3.05, 3.63) is 29.8 Å². The summed E-state index contributed by atoms with van der Waals surface area (Å²) in [6.45, 7) is 9.30. The molecule has 5 heteroatoms. The van der Waals surface area contributed by atoms with Crippen LogP contribution in [-0.2, 0) is 4.74 Å². The normalized spacial score (nSPS) is 20.1. The third-order valence-corrected chi connectivity index (χ3v) is 6.61. The molecule has 1 atom stereocenters. The number of nitrogens with one attached hydrogen (secondary N) is 2. The van der Waals surface area contributed by atoms with E-state index in [1.165, 1.54) is 62.9 Å². The first-order chi connectivity index (χ1) is 14.2. The van der Waals surface area contributed by atoms with Gasteiger partial charge < -0.3 is 20.3 Å². The number of aliphatic imine (C=N–C) groups is 1. The molecule has 1 aliphatic carbocycles. The van der Waals surface area contributed by atoms with Crippen molar-refractivity contribution in [3.8, 4) is 0 Å². The van der Waals surface area contributed by atoms with Gasteiger partial charge in [-0.05, 0) is 69.1 Å². The lowest BCUT2D eigenvalue weighted by atomic mass is 9.83. The highest BCUT2D eigenvalue weighted by Gasteiger charge is 2.33. The first-order valence-corrected chi connectivity index (χ1v) is 11.5. The number of methoxy groups -OCH3 is 1. The van der Waals surface area contributed by atoms with Crippen molar-refractivity contribution in [1.29, 1.82) is 0 Å². The molecule has 0 bridgehead atoms. The topological polar surface area (TPSA) is 48.9 Å². The molecule has 0 amide bonds. The van der Waals surface area contributed by atoms with Crippen LogP contribution in [0.3, 0.4) is 0 Å². The van der Waals surface area contributed by atoms with Gasteiger partial charge in [-0.25, -0.2) is 0 Å². The van der Waals surface area contributed by atoms with Crippen LogP contribution in [0.2, 0.25) is 0 Å². The van der Waals surface area contributed by atoms with Gasteiger partial charge >= 0.3 is 0 Å². The van der Waals surface area contributed by atoms with Crippen molar-refractivity contribution in [1.82, 2.24) is 10.6 Å². The molecule has 1 saturated carbocycles. The van der Waals surface area contributed by atoms with E-state index in [1.54, 1.807) is 7.11 Å². The van der Waals surface area contributed by atoms with Crippen molar-refractivity contribution < 1.29 is 4.74 Å². The summed E-state index contributed by atoms with van der Waals surface area (Å²) in [5.41, 5.74) is 2.98. The highest BCUT2D eigenvalue weighted by atomic mass is 16.5. The van der Waals surface area contributed by atoms with E-state index in [0.29, 0.717) is 5.41 Å². The van der Waals surface area contributed by atoms with Crippen molar-refractivity contribution in [3.63, 3.8) is 0 Å². The molecule has 1 aromatic rings. The summed E-state index contributed by atoms with van der Waals surface area (Å²) in [5, 5.41) is 7.09. The third kappa shape index (κ3) is 6.11. The number of hydrogen-bond acceptors (Lipinski definition) is 3. The van der Waals surface area contributed by atoms with Gasteiger partial charge in [-0.15, -0.1) is 0 Å². The van der Waals surface area contributed by atoms with Crippen molar-refractivity contribution >= 4 is 11.6 Å². The number of anilines is 1. The number of nitrogens with zero attached hydrogens (tertiary/aromatic N) is 2. The lowest BCUT2D eigenvalue weighted by Crippen LogP contribution is -2.39. The monoisotopic (exact) mass is 400 g/mol. The van der Waals surface area contributed by atoms with Crippen LogP contribution in [0, 0.1) is 5.41 Å². The number of guanidine groups is 1. The zero-order valence-corrected chi connectivity index (χ0v) is 18.7. The molecule has 2 fully saturated rings. The Hall–Kier alpha value is -1.75. The van der Waals surface area contributed by atoms with Crippen LogP contribution in [0.4, 0.5) is 5.69 Å². The van der Waals surface area contributed by atoms with E-state index in [0.717, 1.165) is 32.1 Å². The van der Waals surface area contributed by atoms with E-state index in [-0.39, 0.29) is 6.04 Å². The zero-order chi connectivity index (χ0) is 20.5. The van der Waals surface area contributed by atoms with Crippen molar-refractivity contribution in [2.75, 3.05) is 44.8 Å². The van der Waals surface area contributed by atoms with E-state index in [4.69, 9.17) is 9.73 Å². The average molecular weight is 401 g/mol. The summed E-state index contributed by atoms with van der Waals surface area (Å²) in [6.07, 6.45) is 8.91. The molecular weight excluding hydrogens is 360 g/mol. The van der Waals surface area contributed by atoms with E-state index in [1.807, 2.05) is 0 Å². The molecule has 0 aromatic heterocycles. The predicted molar refractivity (Wildman–Crippen MR) is 123 cm³/mol. The van der Waals surface area contributed by atoms with Gasteiger partial charge in [-0.1, -0.05) is 25.0 Å². The smallest absolute Gasteiger partial charge is 0.191 e. The van der Waals surface area contributed by atoms with E-state index < -0.39 is 0 Å². The summed E-state index contributed by atoms with van der Waals surface area (Å²) in [4.78, 5) is 7.51. The number of rotatable bonds is 9. The SMILES string of the molecule is CCNC(=NCC1(CCOC)CCCC1)NC(C)c1cccc(N2CCCC2)c1. The highest BCUT2D eigenvalue weighted by molar-refractivity contribution is 5.80. The second-order valence-corrected chi connectivity index (χ2v) is 8.80. The summed E-state index contributed by atoms with van der Waals surface area (Å²) >= 11 is 0. The van der Waals surface area contributed by atoms with E-state index in [9.17, 15) is 0 Å². The first-order valence-electron chi connectivity index (χ1n) is 11.5. The van der Waals surface area contributed by atoms with Crippen LogP contribution in [0.5, 0.6) is 0 Å². The fraction of sp³-hybridized carbons (Fsp3) is 0.708. The van der Waals surface area contributed by atoms with Gasteiger partial charge in [0.25, 0.3) is 0 Å². The van der Waals surface area contributed by atoms with Crippen LogP contribution < -0.4 is 15.5 Å². The van der Waals surface area contributed by atoms with Gasteiger partial charge in [0.1, 0.15) is 0 Å². The quantitative estimate of drug-likeness (QED) is 0.473. The second-order valence-electron chi connectivity index (χ2n) is 8.80. The Morgan fingerprint density at radius 2 is 1.97 bits per heavy atom. The largest absolute Gasteiger partial charge is 0.385 e. The van der Waals surface area contributed by atoms with Crippen LogP contribution in [-0.4, -0.2) is 45.9 Å². The molecule has 162 valence electrons. The molecule has 1 aliphatic heterocycles. The van der Waals surface area contributed by atoms with E-state index in [2.05, 4.69) is 53.6 Å². The van der Waals surface area contributed by atoms with Gasteiger partial charge in [-0.2, -0.15) is 0 Å². The minimum Gasteiger partial charge on any atom is -0.385 e. The standard InChI is InChI=1S/C24H40N4O/c1-4-25-23(26-19-24(14-17-29-3)12-5-6-13-24)27-20(2)21-10-9-11-22(18-21)28-15-7-8-16-28/h9-11,18,20H,4-8,12-17,19H2,1-3H3,(H2,25,26,27). The second kappa shape index (κ2) is 10.9. The Bertz CT molecular complexity index is 648.